The normalized spacial score (nSPS) is 14.5. The molecule has 2 atom stereocenters. The largest absolute Gasteiger partial charge is 0.215 e. The summed E-state index contributed by atoms with van der Waals surface area (Å²) in [6.45, 7) is 3.08. The number of hydrogen-bond acceptors (Lipinski definition) is 6. The van der Waals surface area contributed by atoms with Crippen molar-refractivity contribution in [1.29, 1.82) is 10.5 Å². The highest BCUT2D eigenvalue weighted by Crippen LogP contribution is 2.12. The molecule has 0 aromatic heterocycles. The lowest BCUT2D eigenvalue weighted by atomic mass is 10.2. The van der Waals surface area contributed by atoms with E-state index in [2.05, 4.69) is 9.44 Å². The number of nitrogens with zero attached hydrogens (tertiary/aromatic N) is 2. The molecule has 0 aromatic carbocycles. The first-order valence-electron chi connectivity index (χ1n) is 7.90. The first-order valence-corrected chi connectivity index (χ1v) is 11.0. The molecule has 2 N–H and O–H groups in total. The van der Waals surface area contributed by atoms with Crippen molar-refractivity contribution in [1.82, 2.24) is 9.44 Å². The average molecular weight is 379 g/mol. The van der Waals surface area contributed by atoms with Gasteiger partial charge in [0.05, 0.1) is 22.6 Å². The summed E-state index contributed by atoms with van der Waals surface area (Å²) in [6.07, 6.45) is 2.95. The molecule has 0 aromatic rings. The van der Waals surface area contributed by atoms with Crippen LogP contribution in [0.2, 0.25) is 0 Å². The van der Waals surface area contributed by atoms with Crippen molar-refractivity contribution in [3.63, 3.8) is 0 Å². The summed E-state index contributed by atoms with van der Waals surface area (Å²) in [7, 11) is -7.53. The van der Waals surface area contributed by atoms with Gasteiger partial charge >= 0.3 is 0 Å². The van der Waals surface area contributed by atoms with Crippen molar-refractivity contribution >= 4 is 20.0 Å². The molecule has 0 rings (SSSR count). The Labute approximate surface area is 145 Å². The van der Waals surface area contributed by atoms with Crippen LogP contribution in [0.1, 0.15) is 52.4 Å². The van der Waals surface area contributed by atoms with E-state index in [1.54, 1.807) is 0 Å². The standard InChI is InChI=1S/C14H26N4O4S2/c1-13(23(19,20)17-11-7-3-5-9-15)14(2)24(21,22)18-12-8-4-6-10-16/h13-14,17-18H,3-8,11-12H2,1-2H3. The van der Waals surface area contributed by atoms with Gasteiger partial charge in [0.25, 0.3) is 0 Å². The van der Waals surface area contributed by atoms with Gasteiger partial charge in [-0.3, -0.25) is 0 Å². The molecule has 0 aliphatic carbocycles. The molecule has 24 heavy (non-hydrogen) atoms. The molecule has 0 heterocycles. The highest BCUT2D eigenvalue weighted by atomic mass is 32.2. The van der Waals surface area contributed by atoms with Crippen LogP contribution in [0.25, 0.3) is 0 Å². The van der Waals surface area contributed by atoms with Gasteiger partial charge in [0.2, 0.25) is 20.0 Å². The molecule has 0 spiro atoms. The summed E-state index contributed by atoms with van der Waals surface area (Å²) >= 11 is 0. The average Bonchev–Trinajstić information content (AvgIpc) is 2.52. The zero-order chi connectivity index (χ0) is 18.6. The Kier molecular flexibility index (Phi) is 10.8. The van der Waals surface area contributed by atoms with Crippen LogP contribution in [0.4, 0.5) is 0 Å². The predicted octanol–water partition coefficient (Wildman–Crippen LogP) is 0.990. The zero-order valence-electron chi connectivity index (χ0n) is 14.2. The number of rotatable bonds is 13. The second-order valence-corrected chi connectivity index (χ2v) is 9.76. The van der Waals surface area contributed by atoms with Gasteiger partial charge in [-0.05, 0) is 39.5 Å². The minimum Gasteiger partial charge on any atom is -0.215 e. The molecule has 0 aliphatic rings. The first kappa shape index (κ1) is 22.8. The van der Waals surface area contributed by atoms with Gasteiger partial charge in [-0.25, -0.2) is 26.3 Å². The second kappa shape index (κ2) is 11.4. The van der Waals surface area contributed by atoms with Crippen molar-refractivity contribution in [3.05, 3.63) is 0 Å². The van der Waals surface area contributed by atoms with Crippen molar-refractivity contribution in [2.45, 2.75) is 62.9 Å². The van der Waals surface area contributed by atoms with Crippen LogP contribution in [0.5, 0.6) is 0 Å². The van der Waals surface area contributed by atoms with Crippen LogP contribution < -0.4 is 9.44 Å². The Morgan fingerprint density at radius 1 is 0.750 bits per heavy atom. The highest BCUT2D eigenvalue weighted by molar-refractivity contribution is 7.94. The fourth-order valence-corrected chi connectivity index (χ4v) is 5.12. The van der Waals surface area contributed by atoms with Gasteiger partial charge in [0.15, 0.2) is 0 Å². The van der Waals surface area contributed by atoms with E-state index in [1.165, 1.54) is 13.8 Å². The lowest BCUT2D eigenvalue weighted by Crippen LogP contribution is -2.46. The molecule has 0 fully saturated rings. The lowest BCUT2D eigenvalue weighted by Gasteiger charge is -2.21. The van der Waals surface area contributed by atoms with E-state index in [9.17, 15) is 16.8 Å². The molecule has 138 valence electrons. The van der Waals surface area contributed by atoms with E-state index in [-0.39, 0.29) is 13.1 Å². The Bertz CT molecular complexity index is 589. The fourth-order valence-electron chi connectivity index (χ4n) is 1.85. The minimum atomic E-state index is -3.76. The van der Waals surface area contributed by atoms with Gasteiger partial charge < -0.3 is 0 Å². The third-order valence-electron chi connectivity index (χ3n) is 3.68. The summed E-state index contributed by atoms with van der Waals surface area (Å²) in [4.78, 5) is 0. The number of hydrogen-bond donors (Lipinski definition) is 2. The predicted molar refractivity (Wildman–Crippen MR) is 91.7 cm³/mol. The fraction of sp³-hybridized carbons (Fsp3) is 0.857. The van der Waals surface area contributed by atoms with Crippen LogP contribution >= 0.6 is 0 Å². The number of nitriles is 2. The van der Waals surface area contributed by atoms with Crippen molar-refractivity contribution in [2.24, 2.45) is 0 Å². The van der Waals surface area contributed by atoms with E-state index in [0.29, 0.717) is 38.5 Å². The third kappa shape index (κ3) is 8.60. The summed E-state index contributed by atoms with van der Waals surface area (Å²) < 4.78 is 53.4. The van der Waals surface area contributed by atoms with Crippen LogP contribution in [-0.4, -0.2) is 40.4 Å². The maximum absolute atomic E-state index is 12.2. The smallest absolute Gasteiger partial charge is 0.215 e. The van der Waals surface area contributed by atoms with Crippen molar-refractivity contribution in [2.75, 3.05) is 13.1 Å². The molecular weight excluding hydrogens is 352 g/mol. The summed E-state index contributed by atoms with van der Waals surface area (Å²) in [5.41, 5.74) is 0. The molecule has 10 heteroatoms. The summed E-state index contributed by atoms with van der Waals surface area (Å²) in [5.74, 6) is 0. The molecular formula is C14H26N4O4S2. The van der Waals surface area contributed by atoms with Crippen LogP contribution in [-0.2, 0) is 20.0 Å². The van der Waals surface area contributed by atoms with E-state index in [1.807, 2.05) is 12.1 Å². The van der Waals surface area contributed by atoms with E-state index >= 15 is 0 Å². The van der Waals surface area contributed by atoms with Gasteiger partial charge in [-0.1, -0.05) is 0 Å². The first-order chi connectivity index (χ1) is 11.2. The minimum absolute atomic E-state index is 0.183. The number of unbranched alkanes of at least 4 members (excludes halogenated alkanes) is 4. The van der Waals surface area contributed by atoms with Gasteiger partial charge in [-0.15, -0.1) is 0 Å². The van der Waals surface area contributed by atoms with Crippen LogP contribution in [0.15, 0.2) is 0 Å². The van der Waals surface area contributed by atoms with Crippen molar-refractivity contribution in [3.8, 4) is 12.1 Å². The number of sulfonamides is 2. The topological polar surface area (TPSA) is 140 Å². The van der Waals surface area contributed by atoms with Crippen LogP contribution in [0.3, 0.4) is 0 Å². The SMILES string of the molecule is CC(C(C)S(=O)(=O)NCCCCC#N)S(=O)(=O)NCCCCC#N. The van der Waals surface area contributed by atoms with Gasteiger partial charge in [0.1, 0.15) is 0 Å². The third-order valence-corrected chi connectivity index (χ3v) is 7.84. The Morgan fingerprint density at radius 2 is 1.08 bits per heavy atom. The quantitative estimate of drug-likeness (QED) is 0.458. The van der Waals surface area contributed by atoms with E-state index in [4.69, 9.17) is 10.5 Å². The molecule has 0 amide bonds. The maximum atomic E-state index is 12.2. The molecule has 0 bridgehead atoms. The molecule has 8 nitrogen and oxygen atoms in total. The molecule has 0 saturated heterocycles. The monoisotopic (exact) mass is 378 g/mol. The van der Waals surface area contributed by atoms with Crippen molar-refractivity contribution < 1.29 is 16.8 Å². The van der Waals surface area contributed by atoms with E-state index < -0.39 is 30.5 Å². The highest BCUT2D eigenvalue weighted by Gasteiger charge is 2.34. The van der Waals surface area contributed by atoms with E-state index in [0.717, 1.165) is 0 Å². The summed E-state index contributed by atoms with van der Waals surface area (Å²) in [5, 5.41) is 14.6. The number of nitrogens with one attached hydrogen (secondary N) is 2. The molecule has 0 radical (unpaired) electrons. The van der Waals surface area contributed by atoms with Gasteiger partial charge in [0, 0.05) is 25.9 Å². The Morgan fingerprint density at radius 3 is 1.38 bits per heavy atom. The van der Waals surface area contributed by atoms with Gasteiger partial charge in [-0.2, -0.15) is 10.5 Å². The Hall–Kier alpha value is -1.20. The maximum Gasteiger partial charge on any atom is 0.215 e. The molecule has 0 aliphatic heterocycles. The Balaban J connectivity index is 4.51. The lowest BCUT2D eigenvalue weighted by molar-refractivity contribution is 0.542. The molecule has 0 saturated carbocycles. The molecule has 2 unspecified atom stereocenters. The second-order valence-electron chi connectivity index (χ2n) is 5.52. The summed E-state index contributed by atoms with van der Waals surface area (Å²) in [6, 6.07) is 3.95. The van der Waals surface area contributed by atoms with Crippen LogP contribution in [0, 0.1) is 22.7 Å². The zero-order valence-corrected chi connectivity index (χ0v) is 15.8.